The van der Waals surface area contributed by atoms with Crippen LogP contribution in [0.15, 0.2) is 47.4 Å². The Morgan fingerprint density at radius 1 is 1.20 bits per heavy atom. The van der Waals surface area contributed by atoms with Gasteiger partial charge < -0.3 is 0 Å². The van der Waals surface area contributed by atoms with Crippen LogP contribution in [0.3, 0.4) is 0 Å². The van der Waals surface area contributed by atoms with Gasteiger partial charge in [-0.05, 0) is 18.2 Å². The van der Waals surface area contributed by atoms with Crippen molar-refractivity contribution < 1.29 is 0 Å². The highest BCUT2D eigenvalue weighted by molar-refractivity contribution is 5.82. The second kappa shape index (κ2) is 3.80. The molecule has 0 amide bonds. The number of aryl methyl sites for hydroxylation is 1. The molecule has 0 spiro atoms. The van der Waals surface area contributed by atoms with Gasteiger partial charge >= 0.3 is 0 Å². The molecule has 3 heterocycles. The maximum atomic E-state index is 11.8. The van der Waals surface area contributed by atoms with E-state index in [1.54, 1.807) is 10.7 Å². The second-order valence-corrected chi connectivity index (χ2v) is 4.65. The van der Waals surface area contributed by atoms with Crippen LogP contribution < -0.4 is 5.56 Å². The fourth-order valence-corrected chi connectivity index (χ4v) is 2.43. The SMILES string of the molecule is Cn1ccc(-c2cc(=O)[nH]c3nc4ccccc4n23)n1. The van der Waals surface area contributed by atoms with Gasteiger partial charge in [-0.2, -0.15) is 5.10 Å². The molecule has 6 nitrogen and oxygen atoms in total. The summed E-state index contributed by atoms with van der Waals surface area (Å²) in [4.78, 5) is 19.0. The summed E-state index contributed by atoms with van der Waals surface area (Å²) in [6.07, 6.45) is 1.85. The number of benzene rings is 1. The van der Waals surface area contributed by atoms with E-state index in [2.05, 4.69) is 15.1 Å². The van der Waals surface area contributed by atoms with Crippen molar-refractivity contribution in [1.29, 1.82) is 0 Å². The Bertz CT molecular complexity index is 992. The van der Waals surface area contributed by atoms with E-state index < -0.39 is 0 Å². The van der Waals surface area contributed by atoms with Crippen LogP contribution in [-0.4, -0.2) is 24.1 Å². The third-order valence-corrected chi connectivity index (χ3v) is 3.28. The molecule has 0 fully saturated rings. The molecule has 3 aromatic heterocycles. The van der Waals surface area contributed by atoms with E-state index in [0.29, 0.717) is 5.78 Å². The first kappa shape index (κ1) is 11.0. The Morgan fingerprint density at radius 2 is 2.05 bits per heavy atom. The average molecular weight is 265 g/mol. The van der Waals surface area contributed by atoms with Gasteiger partial charge in [0.2, 0.25) is 5.78 Å². The van der Waals surface area contributed by atoms with Gasteiger partial charge in [-0.1, -0.05) is 12.1 Å². The number of H-pyrrole nitrogens is 1. The van der Waals surface area contributed by atoms with E-state index in [9.17, 15) is 4.79 Å². The minimum atomic E-state index is -0.187. The first-order valence-electron chi connectivity index (χ1n) is 6.23. The van der Waals surface area contributed by atoms with Gasteiger partial charge in [0.05, 0.1) is 16.7 Å². The molecule has 0 radical (unpaired) electrons. The zero-order chi connectivity index (χ0) is 13.7. The lowest BCUT2D eigenvalue weighted by molar-refractivity contribution is 0.769. The summed E-state index contributed by atoms with van der Waals surface area (Å²) in [6.45, 7) is 0. The largest absolute Gasteiger partial charge is 0.292 e. The summed E-state index contributed by atoms with van der Waals surface area (Å²) in [7, 11) is 1.85. The number of aromatic nitrogens is 5. The van der Waals surface area contributed by atoms with Crippen molar-refractivity contribution in [2.75, 3.05) is 0 Å². The zero-order valence-electron chi connectivity index (χ0n) is 10.7. The van der Waals surface area contributed by atoms with Crippen molar-refractivity contribution in [3.05, 3.63) is 52.9 Å². The summed E-state index contributed by atoms with van der Waals surface area (Å²) in [5.41, 5.74) is 3.07. The number of nitrogens with one attached hydrogen (secondary N) is 1. The Kier molecular flexibility index (Phi) is 2.09. The fraction of sp³-hybridized carbons (Fsp3) is 0.0714. The molecule has 0 aliphatic heterocycles. The lowest BCUT2D eigenvalue weighted by atomic mass is 10.2. The molecule has 0 aliphatic carbocycles. The third-order valence-electron chi connectivity index (χ3n) is 3.28. The molecule has 4 aromatic rings. The van der Waals surface area contributed by atoms with Crippen molar-refractivity contribution in [2.24, 2.45) is 7.05 Å². The number of rotatable bonds is 1. The number of hydrogen-bond acceptors (Lipinski definition) is 3. The van der Waals surface area contributed by atoms with E-state index in [1.807, 2.05) is 48.0 Å². The third kappa shape index (κ3) is 1.48. The molecular weight excluding hydrogens is 254 g/mol. The molecular formula is C14H11N5O. The summed E-state index contributed by atoms with van der Waals surface area (Å²) in [5, 5.41) is 4.37. The van der Waals surface area contributed by atoms with Gasteiger partial charge in [0.1, 0.15) is 5.69 Å². The summed E-state index contributed by atoms with van der Waals surface area (Å²) < 4.78 is 3.63. The number of para-hydroxylation sites is 2. The van der Waals surface area contributed by atoms with E-state index >= 15 is 0 Å². The van der Waals surface area contributed by atoms with E-state index in [1.165, 1.54) is 0 Å². The summed E-state index contributed by atoms with van der Waals surface area (Å²) >= 11 is 0. The number of fused-ring (bicyclic) bond motifs is 3. The second-order valence-electron chi connectivity index (χ2n) is 4.65. The topological polar surface area (TPSA) is 68.0 Å². The van der Waals surface area contributed by atoms with E-state index in [0.717, 1.165) is 22.4 Å². The Labute approximate surface area is 113 Å². The first-order chi connectivity index (χ1) is 9.72. The van der Waals surface area contributed by atoms with Crippen molar-refractivity contribution in [3.8, 4) is 11.4 Å². The van der Waals surface area contributed by atoms with Crippen LogP contribution in [0, 0.1) is 0 Å². The van der Waals surface area contributed by atoms with Crippen LogP contribution in [0.5, 0.6) is 0 Å². The molecule has 0 unspecified atom stereocenters. The molecule has 0 saturated carbocycles. The molecule has 0 bridgehead atoms. The quantitative estimate of drug-likeness (QED) is 0.568. The number of aromatic amines is 1. The Morgan fingerprint density at radius 3 is 2.85 bits per heavy atom. The van der Waals surface area contributed by atoms with Gasteiger partial charge in [-0.25, -0.2) is 4.98 Å². The molecule has 1 N–H and O–H groups in total. The number of nitrogens with zero attached hydrogens (tertiary/aromatic N) is 4. The van der Waals surface area contributed by atoms with Gasteiger partial charge in [0, 0.05) is 19.3 Å². The van der Waals surface area contributed by atoms with Crippen LogP contribution in [0.25, 0.3) is 28.2 Å². The monoisotopic (exact) mass is 265 g/mol. The van der Waals surface area contributed by atoms with Crippen LogP contribution in [0.1, 0.15) is 0 Å². The molecule has 98 valence electrons. The number of hydrogen-bond donors (Lipinski definition) is 1. The molecule has 0 saturated heterocycles. The summed E-state index contributed by atoms with van der Waals surface area (Å²) in [5.74, 6) is 0.527. The highest BCUT2D eigenvalue weighted by Crippen LogP contribution is 2.22. The minimum absolute atomic E-state index is 0.187. The predicted octanol–water partition coefficient (Wildman–Crippen LogP) is 1.58. The van der Waals surface area contributed by atoms with E-state index in [-0.39, 0.29) is 5.56 Å². The molecule has 0 atom stereocenters. The molecule has 6 heteroatoms. The maximum Gasteiger partial charge on any atom is 0.252 e. The van der Waals surface area contributed by atoms with Crippen molar-refractivity contribution >= 4 is 16.8 Å². The number of imidazole rings is 1. The Balaban J connectivity index is 2.21. The standard InChI is InChI=1S/C14H11N5O/c1-18-7-6-10(17-18)12-8-13(20)16-14-15-9-4-2-3-5-11(9)19(12)14/h2-8H,1H3,(H,15,16,20). The van der Waals surface area contributed by atoms with Crippen molar-refractivity contribution in [1.82, 2.24) is 24.1 Å². The average Bonchev–Trinajstić information content (AvgIpc) is 3.00. The highest BCUT2D eigenvalue weighted by Gasteiger charge is 2.12. The van der Waals surface area contributed by atoms with Crippen molar-refractivity contribution in [3.63, 3.8) is 0 Å². The Hall–Kier alpha value is -2.89. The first-order valence-corrected chi connectivity index (χ1v) is 6.23. The van der Waals surface area contributed by atoms with E-state index in [4.69, 9.17) is 0 Å². The predicted molar refractivity (Wildman–Crippen MR) is 75.5 cm³/mol. The van der Waals surface area contributed by atoms with Crippen LogP contribution in [-0.2, 0) is 7.05 Å². The molecule has 1 aromatic carbocycles. The lowest BCUT2D eigenvalue weighted by Gasteiger charge is -2.02. The summed E-state index contributed by atoms with van der Waals surface area (Å²) in [6, 6.07) is 11.2. The van der Waals surface area contributed by atoms with Crippen LogP contribution in [0.4, 0.5) is 0 Å². The smallest absolute Gasteiger partial charge is 0.252 e. The lowest BCUT2D eigenvalue weighted by Crippen LogP contribution is -2.09. The fourth-order valence-electron chi connectivity index (χ4n) is 2.43. The highest BCUT2D eigenvalue weighted by atomic mass is 16.1. The van der Waals surface area contributed by atoms with Gasteiger partial charge in [0.25, 0.3) is 5.56 Å². The normalized spacial score (nSPS) is 11.4. The molecule has 0 aliphatic rings. The van der Waals surface area contributed by atoms with Gasteiger partial charge in [-0.15, -0.1) is 0 Å². The van der Waals surface area contributed by atoms with Crippen LogP contribution in [0.2, 0.25) is 0 Å². The van der Waals surface area contributed by atoms with Crippen LogP contribution >= 0.6 is 0 Å². The van der Waals surface area contributed by atoms with Gasteiger partial charge in [-0.3, -0.25) is 18.9 Å². The molecule has 20 heavy (non-hydrogen) atoms. The maximum absolute atomic E-state index is 11.8. The van der Waals surface area contributed by atoms with Crippen molar-refractivity contribution in [2.45, 2.75) is 0 Å². The van der Waals surface area contributed by atoms with Gasteiger partial charge in [0.15, 0.2) is 0 Å². The zero-order valence-corrected chi connectivity index (χ0v) is 10.7. The minimum Gasteiger partial charge on any atom is -0.292 e. The molecule has 4 rings (SSSR count).